The number of halogens is 1. The van der Waals surface area contributed by atoms with Crippen molar-refractivity contribution in [3.05, 3.63) is 59.4 Å². The third-order valence-corrected chi connectivity index (χ3v) is 4.72. The predicted octanol–water partition coefficient (Wildman–Crippen LogP) is 2.85. The summed E-state index contributed by atoms with van der Waals surface area (Å²) in [5.41, 5.74) is 2.19. The van der Waals surface area contributed by atoms with Gasteiger partial charge >= 0.3 is 0 Å². The molecule has 0 bridgehead atoms. The summed E-state index contributed by atoms with van der Waals surface area (Å²) in [6.45, 7) is 1.37. The number of hydrogen-bond acceptors (Lipinski definition) is 4. The van der Waals surface area contributed by atoms with Gasteiger partial charge in [0.15, 0.2) is 17.5 Å². The molecule has 0 aliphatic heterocycles. The fourth-order valence-corrected chi connectivity index (χ4v) is 3.05. The second-order valence-electron chi connectivity index (χ2n) is 6.85. The second kappa shape index (κ2) is 11.3. The Balaban J connectivity index is 1.95. The van der Waals surface area contributed by atoms with E-state index in [1.165, 1.54) is 12.1 Å². The van der Waals surface area contributed by atoms with E-state index >= 15 is 0 Å². The molecule has 2 N–H and O–H groups in total. The van der Waals surface area contributed by atoms with Gasteiger partial charge in [-0.2, -0.15) is 0 Å². The number of likely N-dealkylation sites (N-methyl/N-ethyl adjacent to an activating group) is 1. The van der Waals surface area contributed by atoms with E-state index in [-0.39, 0.29) is 11.9 Å². The fraction of sp³-hybridized carbons (Fsp3) is 0.409. The Bertz CT molecular complexity index is 794. The molecule has 7 heteroatoms. The van der Waals surface area contributed by atoms with Crippen LogP contribution >= 0.6 is 0 Å². The molecule has 0 spiro atoms. The molecule has 0 saturated heterocycles. The average Bonchev–Trinajstić information content (AvgIpc) is 2.73. The highest BCUT2D eigenvalue weighted by atomic mass is 19.1. The summed E-state index contributed by atoms with van der Waals surface area (Å²) in [7, 11) is 9.08. The molecule has 2 rings (SSSR count). The molecule has 158 valence electrons. The number of hydrogen-bond donors (Lipinski definition) is 2. The SMILES string of the molecule is CN=C(NCCc1ccc(F)cc1)NCC(c1ccc(OC)c(OC)c1)N(C)C. The van der Waals surface area contributed by atoms with Crippen molar-refractivity contribution in [1.82, 2.24) is 15.5 Å². The van der Waals surface area contributed by atoms with E-state index in [1.54, 1.807) is 33.4 Å². The first-order chi connectivity index (χ1) is 14.0. The Morgan fingerprint density at radius 1 is 1.03 bits per heavy atom. The zero-order valence-corrected chi connectivity index (χ0v) is 17.8. The van der Waals surface area contributed by atoms with Crippen molar-refractivity contribution in [2.24, 2.45) is 4.99 Å². The molecular weight excluding hydrogens is 371 g/mol. The summed E-state index contributed by atoms with van der Waals surface area (Å²) in [5.74, 6) is 1.92. The number of methoxy groups -OCH3 is 2. The fourth-order valence-electron chi connectivity index (χ4n) is 3.05. The summed E-state index contributed by atoms with van der Waals surface area (Å²) in [6, 6.07) is 12.6. The zero-order valence-electron chi connectivity index (χ0n) is 17.8. The van der Waals surface area contributed by atoms with Gasteiger partial charge in [-0.05, 0) is 55.9 Å². The molecular formula is C22H31FN4O2. The van der Waals surface area contributed by atoms with Crippen LogP contribution in [0.5, 0.6) is 11.5 Å². The van der Waals surface area contributed by atoms with Gasteiger partial charge < -0.3 is 25.0 Å². The monoisotopic (exact) mass is 402 g/mol. The lowest BCUT2D eigenvalue weighted by atomic mass is 10.1. The number of aliphatic imine (C=N–C) groups is 1. The third kappa shape index (κ3) is 6.64. The molecule has 2 aromatic carbocycles. The number of benzene rings is 2. The number of rotatable bonds is 9. The van der Waals surface area contributed by atoms with Gasteiger partial charge in [-0.3, -0.25) is 4.99 Å². The van der Waals surface area contributed by atoms with Gasteiger partial charge in [-0.15, -0.1) is 0 Å². The topological polar surface area (TPSA) is 58.1 Å². The van der Waals surface area contributed by atoms with Gasteiger partial charge in [-0.1, -0.05) is 18.2 Å². The van der Waals surface area contributed by atoms with Crippen molar-refractivity contribution >= 4 is 5.96 Å². The lowest BCUT2D eigenvalue weighted by Gasteiger charge is -2.26. The minimum absolute atomic E-state index is 0.116. The van der Waals surface area contributed by atoms with Gasteiger partial charge in [0.25, 0.3) is 0 Å². The van der Waals surface area contributed by atoms with Gasteiger partial charge in [0.1, 0.15) is 5.82 Å². The van der Waals surface area contributed by atoms with E-state index < -0.39 is 0 Å². The van der Waals surface area contributed by atoms with Crippen LogP contribution in [-0.2, 0) is 6.42 Å². The quantitative estimate of drug-likeness (QED) is 0.499. The summed E-state index contributed by atoms with van der Waals surface area (Å²) in [5, 5.41) is 6.68. The Kier molecular flexibility index (Phi) is 8.73. The van der Waals surface area contributed by atoms with Crippen molar-refractivity contribution in [2.45, 2.75) is 12.5 Å². The number of nitrogens with zero attached hydrogens (tertiary/aromatic N) is 2. The molecule has 0 radical (unpaired) electrons. The highest BCUT2D eigenvalue weighted by Crippen LogP contribution is 2.31. The Hall–Kier alpha value is -2.80. The molecule has 0 heterocycles. The minimum atomic E-state index is -0.218. The maximum absolute atomic E-state index is 13.0. The van der Waals surface area contributed by atoms with Crippen LogP contribution < -0.4 is 20.1 Å². The molecule has 29 heavy (non-hydrogen) atoms. The largest absolute Gasteiger partial charge is 0.493 e. The smallest absolute Gasteiger partial charge is 0.191 e. The first kappa shape index (κ1) is 22.5. The van der Waals surface area contributed by atoms with Crippen molar-refractivity contribution in [1.29, 1.82) is 0 Å². The van der Waals surface area contributed by atoms with Gasteiger partial charge in [-0.25, -0.2) is 4.39 Å². The third-order valence-electron chi connectivity index (χ3n) is 4.72. The first-order valence-electron chi connectivity index (χ1n) is 9.55. The predicted molar refractivity (Wildman–Crippen MR) is 115 cm³/mol. The van der Waals surface area contributed by atoms with E-state index in [4.69, 9.17) is 9.47 Å². The summed E-state index contributed by atoms with van der Waals surface area (Å²) < 4.78 is 23.8. The molecule has 0 fully saturated rings. The zero-order chi connectivity index (χ0) is 21.2. The maximum atomic E-state index is 13.0. The molecule has 0 amide bonds. The molecule has 2 aromatic rings. The summed E-state index contributed by atoms with van der Waals surface area (Å²) >= 11 is 0. The van der Waals surface area contributed by atoms with Crippen LogP contribution in [0.3, 0.4) is 0 Å². The van der Waals surface area contributed by atoms with Crippen LogP contribution in [0.1, 0.15) is 17.2 Å². The van der Waals surface area contributed by atoms with Crippen LogP contribution in [-0.4, -0.2) is 59.3 Å². The van der Waals surface area contributed by atoms with Crippen molar-refractivity contribution in [2.75, 3.05) is 48.5 Å². The number of ether oxygens (including phenoxy) is 2. The molecule has 0 aliphatic rings. The summed E-state index contributed by atoms with van der Waals surface area (Å²) in [6.07, 6.45) is 0.785. The van der Waals surface area contributed by atoms with Gasteiger partial charge in [0.05, 0.1) is 20.3 Å². The molecule has 0 saturated carbocycles. The van der Waals surface area contributed by atoms with Crippen LogP contribution in [0, 0.1) is 5.82 Å². The normalized spacial score (nSPS) is 12.6. The van der Waals surface area contributed by atoms with E-state index in [1.807, 2.05) is 32.3 Å². The average molecular weight is 403 g/mol. The van der Waals surface area contributed by atoms with Crippen LogP contribution in [0.2, 0.25) is 0 Å². The Morgan fingerprint density at radius 2 is 1.72 bits per heavy atom. The Labute approximate surface area is 172 Å². The van der Waals surface area contributed by atoms with Gasteiger partial charge in [0, 0.05) is 20.1 Å². The maximum Gasteiger partial charge on any atom is 0.191 e. The van der Waals surface area contributed by atoms with E-state index in [2.05, 4.69) is 20.5 Å². The van der Waals surface area contributed by atoms with Crippen molar-refractivity contribution in [3.63, 3.8) is 0 Å². The van der Waals surface area contributed by atoms with Crippen molar-refractivity contribution in [3.8, 4) is 11.5 Å². The van der Waals surface area contributed by atoms with Crippen LogP contribution in [0.15, 0.2) is 47.5 Å². The van der Waals surface area contributed by atoms with E-state index in [0.717, 1.165) is 23.5 Å². The molecule has 0 aliphatic carbocycles. The minimum Gasteiger partial charge on any atom is -0.493 e. The van der Waals surface area contributed by atoms with E-state index in [9.17, 15) is 4.39 Å². The summed E-state index contributed by atoms with van der Waals surface area (Å²) in [4.78, 5) is 6.43. The molecule has 0 aromatic heterocycles. The highest BCUT2D eigenvalue weighted by molar-refractivity contribution is 5.79. The number of nitrogens with one attached hydrogen (secondary N) is 2. The molecule has 1 unspecified atom stereocenters. The van der Waals surface area contributed by atoms with Gasteiger partial charge in [0.2, 0.25) is 0 Å². The van der Waals surface area contributed by atoms with Crippen molar-refractivity contribution < 1.29 is 13.9 Å². The van der Waals surface area contributed by atoms with Crippen LogP contribution in [0.25, 0.3) is 0 Å². The van der Waals surface area contributed by atoms with E-state index in [0.29, 0.717) is 24.6 Å². The second-order valence-corrected chi connectivity index (χ2v) is 6.85. The number of guanidine groups is 1. The standard InChI is InChI=1S/C22H31FN4O2/c1-24-22(25-13-12-16-6-9-18(23)10-7-16)26-15-19(27(2)3)17-8-11-20(28-4)21(14-17)29-5/h6-11,14,19H,12-13,15H2,1-5H3,(H2,24,25,26). The first-order valence-corrected chi connectivity index (χ1v) is 9.55. The molecule has 1 atom stereocenters. The highest BCUT2D eigenvalue weighted by Gasteiger charge is 2.17. The molecule has 6 nitrogen and oxygen atoms in total. The van der Waals surface area contributed by atoms with Crippen LogP contribution in [0.4, 0.5) is 4.39 Å². The Morgan fingerprint density at radius 3 is 2.31 bits per heavy atom. The lowest BCUT2D eigenvalue weighted by molar-refractivity contribution is 0.295. The lowest BCUT2D eigenvalue weighted by Crippen LogP contribution is -2.42.